The first-order chi connectivity index (χ1) is 12.3. The average molecular weight is 358 g/mol. The van der Waals surface area contributed by atoms with E-state index in [1.54, 1.807) is 24.0 Å². The summed E-state index contributed by atoms with van der Waals surface area (Å²) < 4.78 is 4.33. The second-order valence-electron chi connectivity index (χ2n) is 7.64. The highest BCUT2D eigenvalue weighted by molar-refractivity contribution is 5.92. The van der Waals surface area contributed by atoms with Crippen LogP contribution < -0.4 is 11.1 Å². The molecule has 1 atom stereocenters. The van der Waals surface area contributed by atoms with Crippen LogP contribution >= 0.6 is 0 Å². The molecular weight excluding hydrogens is 336 g/mol. The van der Waals surface area contributed by atoms with Crippen LogP contribution in [-0.4, -0.2) is 48.0 Å². The number of hydrogen-bond donors (Lipinski definition) is 0. The summed E-state index contributed by atoms with van der Waals surface area (Å²) in [4.78, 5) is 39.2. The van der Waals surface area contributed by atoms with Crippen LogP contribution in [0, 0.1) is 5.41 Å². The molecule has 26 heavy (non-hydrogen) atoms. The molecule has 138 valence electrons. The lowest BCUT2D eigenvalue weighted by Crippen LogP contribution is -2.44. The fourth-order valence-corrected chi connectivity index (χ4v) is 4.05. The highest BCUT2D eigenvalue weighted by Crippen LogP contribution is 2.39. The minimum atomic E-state index is -0.582. The Morgan fingerprint density at radius 1 is 1.23 bits per heavy atom. The third-order valence-corrected chi connectivity index (χ3v) is 5.45. The van der Waals surface area contributed by atoms with Crippen molar-refractivity contribution in [1.29, 1.82) is 0 Å². The SMILES string of the molecule is CC(C)n1nc2n(c(=O)c1=O)C[C@@]1(CCN(C(=O)c3ccnn3C)C1)C2. The third-order valence-electron chi connectivity index (χ3n) is 5.45. The van der Waals surface area contributed by atoms with E-state index < -0.39 is 11.1 Å². The molecule has 1 fully saturated rings. The molecule has 1 spiro atoms. The van der Waals surface area contributed by atoms with E-state index in [4.69, 9.17) is 0 Å². The van der Waals surface area contributed by atoms with Gasteiger partial charge in [-0.25, -0.2) is 4.68 Å². The second kappa shape index (κ2) is 5.65. The van der Waals surface area contributed by atoms with E-state index in [1.807, 2.05) is 18.7 Å². The summed E-state index contributed by atoms with van der Waals surface area (Å²) in [5.41, 5.74) is -0.776. The first-order valence-corrected chi connectivity index (χ1v) is 8.81. The Bertz CT molecular complexity index is 1000. The minimum Gasteiger partial charge on any atom is -0.337 e. The number of fused-ring (bicyclic) bond motifs is 1. The minimum absolute atomic E-state index is 0.0557. The lowest BCUT2D eigenvalue weighted by Gasteiger charge is -2.22. The summed E-state index contributed by atoms with van der Waals surface area (Å²) in [6, 6.07) is 1.54. The average Bonchev–Trinajstić information content (AvgIpc) is 3.29. The van der Waals surface area contributed by atoms with Crippen molar-refractivity contribution in [2.75, 3.05) is 13.1 Å². The van der Waals surface area contributed by atoms with Crippen molar-refractivity contribution in [2.24, 2.45) is 12.5 Å². The maximum Gasteiger partial charge on any atom is 0.332 e. The number of carbonyl (C=O) groups excluding carboxylic acids is 1. The Labute approximate surface area is 149 Å². The molecular formula is C17H22N6O3. The van der Waals surface area contributed by atoms with Crippen LogP contribution in [0.3, 0.4) is 0 Å². The number of nitrogens with zero attached hydrogens (tertiary/aromatic N) is 6. The molecule has 0 N–H and O–H groups in total. The molecule has 9 nitrogen and oxygen atoms in total. The van der Waals surface area contributed by atoms with E-state index in [0.29, 0.717) is 37.6 Å². The van der Waals surface area contributed by atoms with Gasteiger partial charge in [0.15, 0.2) is 0 Å². The Morgan fingerprint density at radius 3 is 2.65 bits per heavy atom. The fraction of sp³-hybridized carbons (Fsp3) is 0.588. The van der Waals surface area contributed by atoms with Crippen molar-refractivity contribution < 1.29 is 4.79 Å². The van der Waals surface area contributed by atoms with E-state index >= 15 is 0 Å². The molecule has 1 amide bonds. The number of rotatable bonds is 2. The van der Waals surface area contributed by atoms with Gasteiger partial charge in [-0.15, -0.1) is 0 Å². The van der Waals surface area contributed by atoms with Gasteiger partial charge >= 0.3 is 11.1 Å². The predicted molar refractivity (Wildman–Crippen MR) is 93.0 cm³/mol. The van der Waals surface area contributed by atoms with E-state index in [0.717, 1.165) is 6.42 Å². The maximum absolute atomic E-state index is 12.7. The molecule has 4 heterocycles. The maximum atomic E-state index is 12.7. The highest BCUT2D eigenvalue weighted by atomic mass is 16.2. The summed E-state index contributed by atoms with van der Waals surface area (Å²) in [5.74, 6) is 0.582. The first-order valence-electron chi connectivity index (χ1n) is 8.81. The predicted octanol–water partition coefficient (Wildman–Crippen LogP) is -0.192. The molecule has 9 heteroatoms. The Morgan fingerprint density at radius 2 is 2.00 bits per heavy atom. The van der Waals surface area contributed by atoms with E-state index in [9.17, 15) is 14.4 Å². The van der Waals surface area contributed by atoms with Crippen molar-refractivity contribution in [3.8, 4) is 0 Å². The zero-order valence-corrected chi connectivity index (χ0v) is 15.2. The molecule has 2 aliphatic rings. The van der Waals surface area contributed by atoms with Crippen LogP contribution in [0.2, 0.25) is 0 Å². The Hall–Kier alpha value is -2.71. The molecule has 0 aromatic carbocycles. The van der Waals surface area contributed by atoms with Gasteiger partial charge in [0.1, 0.15) is 11.5 Å². The molecule has 0 bridgehead atoms. The van der Waals surface area contributed by atoms with Crippen LogP contribution in [0.5, 0.6) is 0 Å². The summed E-state index contributed by atoms with van der Waals surface area (Å²) in [6.45, 7) is 5.29. The largest absolute Gasteiger partial charge is 0.337 e. The van der Waals surface area contributed by atoms with Crippen LogP contribution in [0.25, 0.3) is 0 Å². The highest BCUT2D eigenvalue weighted by Gasteiger charge is 2.46. The monoisotopic (exact) mass is 358 g/mol. The fourth-order valence-electron chi connectivity index (χ4n) is 4.05. The van der Waals surface area contributed by atoms with Gasteiger partial charge in [0.2, 0.25) is 0 Å². The van der Waals surface area contributed by atoms with Gasteiger partial charge in [0.05, 0.1) is 6.04 Å². The summed E-state index contributed by atoms with van der Waals surface area (Å²) in [7, 11) is 1.74. The van der Waals surface area contributed by atoms with Gasteiger partial charge in [-0.2, -0.15) is 10.2 Å². The molecule has 2 aromatic heterocycles. The van der Waals surface area contributed by atoms with E-state index in [-0.39, 0.29) is 17.4 Å². The zero-order valence-electron chi connectivity index (χ0n) is 15.2. The molecule has 0 aliphatic carbocycles. The zero-order chi connectivity index (χ0) is 18.6. The van der Waals surface area contributed by atoms with E-state index in [2.05, 4.69) is 10.2 Å². The Balaban J connectivity index is 1.61. The third kappa shape index (κ3) is 2.41. The van der Waals surface area contributed by atoms with Gasteiger partial charge in [0, 0.05) is 44.7 Å². The number of amides is 1. The summed E-state index contributed by atoms with van der Waals surface area (Å²) >= 11 is 0. The number of hydrogen-bond acceptors (Lipinski definition) is 5. The second-order valence-corrected chi connectivity index (χ2v) is 7.64. The van der Waals surface area contributed by atoms with Gasteiger partial charge < -0.3 is 4.90 Å². The molecule has 2 aromatic rings. The standard InChI is InChI=1S/C17H22N6O3/c1-11(2)23-16(26)15(25)22-10-17(8-13(22)19-23)5-7-21(9-17)14(24)12-4-6-18-20(12)3/h4,6,11H,5,7-10H2,1-3H3/t17-/m0/s1. The van der Waals surface area contributed by atoms with Crippen LogP contribution in [0.1, 0.15) is 42.6 Å². The smallest absolute Gasteiger partial charge is 0.332 e. The van der Waals surface area contributed by atoms with Gasteiger partial charge in [0.25, 0.3) is 5.91 Å². The number of likely N-dealkylation sites (tertiary alicyclic amines) is 1. The van der Waals surface area contributed by atoms with Crippen LogP contribution in [0.4, 0.5) is 0 Å². The van der Waals surface area contributed by atoms with E-state index in [1.165, 1.54) is 9.25 Å². The van der Waals surface area contributed by atoms with Crippen molar-refractivity contribution >= 4 is 5.91 Å². The van der Waals surface area contributed by atoms with Crippen molar-refractivity contribution in [3.63, 3.8) is 0 Å². The lowest BCUT2D eigenvalue weighted by molar-refractivity contribution is 0.0761. The summed E-state index contributed by atoms with van der Waals surface area (Å²) in [5, 5.41) is 8.47. The van der Waals surface area contributed by atoms with Crippen LogP contribution in [-0.2, 0) is 20.0 Å². The van der Waals surface area contributed by atoms with Gasteiger partial charge in [-0.3, -0.25) is 23.6 Å². The van der Waals surface area contributed by atoms with Gasteiger partial charge in [-0.05, 0) is 26.3 Å². The van der Waals surface area contributed by atoms with Crippen molar-refractivity contribution in [2.45, 2.75) is 39.3 Å². The first kappa shape index (κ1) is 16.7. The molecule has 0 saturated carbocycles. The van der Waals surface area contributed by atoms with Crippen LogP contribution in [0.15, 0.2) is 21.9 Å². The quantitative estimate of drug-likeness (QED) is 0.694. The summed E-state index contributed by atoms with van der Waals surface area (Å²) in [6.07, 6.45) is 2.99. The molecule has 0 radical (unpaired) electrons. The normalized spacial score (nSPS) is 21.8. The lowest BCUT2D eigenvalue weighted by atomic mass is 9.86. The molecule has 1 saturated heterocycles. The van der Waals surface area contributed by atoms with Crippen molar-refractivity contribution in [1.82, 2.24) is 29.0 Å². The topological polar surface area (TPSA) is 95.0 Å². The Kier molecular flexibility index (Phi) is 3.64. The van der Waals surface area contributed by atoms with Crippen molar-refractivity contribution in [3.05, 3.63) is 44.5 Å². The molecule has 4 rings (SSSR count). The molecule has 0 unspecified atom stereocenters. The number of aryl methyl sites for hydroxylation is 1. The number of aromatic nitrogens is 5. The number of carbonyl (C=O) groups is 1. The van der Waals surface area contributed by atoms with Gasteiger partial charge in [-0.1, -0.05) is 0 Å². The molecule has 2 aliphatic heterocycles.